The Morgan fingerprint density at radius 2 is 1.17 bits per heavy atom. The van der Waals surface area contributed by atoms with E-state index in [0.717, 1.165) is 13.1 Å². The first-order valence-corrected chi connectivity index (χ1v) is 9.40. The first-order valence-electron chi connectivity index (χ1n) is 9.40. The SMILES string of the molecule is CCCCCCCCCCCCCCN(C)CCN=C(N)N.Cl. The summed E-state index contributed by atoms with van der Waals surface area (Å²) in [6.07, 6.45) is 16.8. The van der Waals surface area contributed by atoms with Crippen molar-refractivity contribution in [2.75, 3.05) is 26.7 Å². The highest BCUT2D eigenvalue weighted by Gasteiger charge is 1.98. The van der Waals surface area contributed by atoms with E-state index >= 15 is 0 Å². The maximum atomic E-state index is 5.31. The van der Waals surface area contributed by atoms with Crippen molar-refractivity contribution < 1.29 is 0 Å². The van der Waals surface area contributed by atoms with Crippen molar-refractivity contribution in [2.24, 2.45) is 16.5 Å². The first-order chi connectivity index (χ1) is 10.7. The zero-order valence-corrected chi connectivity index (χ0v) is 16.4. The molecule has 4 nitrogen and oxygen atoms in total. The van der Waals surface area contributed by atoms with Crippen LogP contribution in [0.5, 0.6) is 0 Å². The van der Waals surface area contributed by atoms with E-state index in [-0.39, 0.29) is 18.4 Å². The van der Waals surface area contributed by atoms with Gasteiger partial charge in [-0.15, -0.1) is 12.4 Å². The van der Waals surface area contributed by atoms with Gasteiger partial charge in [0.25, 0.3) is 0 Å². The molecule has 0 aromatic rings. The van der Waals surface area contributed by atoms with Gasteiger partial charge < -0.3 is 16.4 Å². The molecule has 0 aliphatic carbocycles. The highest BCUT2D eigenvalue weighted by Crippen LogP contribution is 2.11. The normalized spacial score (nSPS) is 10.6. The predicted octanol–water partition coefficient (Wildman–Crippen LogP) is 4.31. The van der Waals surface area contributed by atoms with Gasteiger partial charge in [-0.25, -0.2) is 0 Å². The monoisotopic (exact) mass is 348 g/mol. The molecule has 4 N–H and O–H groups in total. The molecule has 0 spiro atoms. The van der Waals surface area contributed by atoms with Crippen LogP contribution in [0.15, 0.2) is 4.99 Å². The summed E-state index contributed by atoms with van der Waals surface area (Å²) in [5.74, 6) is 0.193. The lowest BCUT2D eigenvalue weighted by molar-refractivity contribution is 0.332. The van der Waals surface area contributed by atoms with Crippen molar-refractivity contribution in [3.63, 3.8) is 0 Å². The lowest BCUT2D eigenvalue weighted by Crippen LogP contribution is -2.27. The van der Waals surface area contributed by atoms with Crippen molar-refractivity contribution in [1.29, 1.82) is 0 Å². The summed E-state index contributed by atoms with van der Waals surface area (Å²) < 4.78 is 0. The molecule has 0 atom stereocenters. The summed E-state index contributed by atoms with van der Waals surface area (Å²) >= 11 is 0. The van der Waals surface area contributed by atoms with Gasteiger partial charge in [0.15, 0.2) is 5.96 Å². The average molecular weight is 349 g/mol. The standard InChI is InChI=1S/C18H40N4.ClH/c1-3-4-5-6-7-8-9-10-11-12-13-14-16-22(2)17-15-21-18(19)20;/h3-17H2,1-2H3,(H4,19,20,21);1H. The summed E-state index contributed by atoms with van der Waals surface area (Å²) in [6.45, 7) is 5.08. The molecule has 0 amide bonds. The number of rotatable bonds is 16. The quantitative estimate of drug-likeness (QED) is 0.248. The Balaban J connectivity index is 0. The van der Waals surface area contributed by atoms with Crippen molar-refractivity contribution in [1.82, 2.24) is 4.90 Å². The second-order valence-corrected chi connectivity index (χ2v) is 6.50. The Bertz CT molecular complexity index is 255. The van der Waals surface area contributed by atoms with Crippen LogP contribution in [0.3, 0.4) is 0 Å². The van der Waals surface area contributed by atoms with E-state index in [2.05, 4.69) is 23.9 Å². The van der Waals surface area contributed by atoms with E-state index < -0.39 is 0 Å². The number of aliphatic imine (C=N–C) groups is 1. The molecule has 0 aliphatic heterocycles. The fraction of sp³-hybridized carbons (Fsp3) is 0.944. The van der Waals surface area contributed by atoms with E-state index in [1.807, 2.05) is 0 Å². The Morgan fingerprint density at radius 3 is 1.61 bits per heavy atom. The van der Waals surface area contributed by atoms with Crippen LogP contribution in [0.4, 0.5) is 0 Å². The highest BCUT2D eigenvalue weighted by atomic mass is 35.5. The molecular weight excluding hydrogens is 308 g/mol. The first kappa shape index (κ1) is 24.8. The van der Waals surface area contributed by atoms with Crippen LogP contribution in [0.25, 0.3) is 0 Å². The molecule has 0 rings (SSSR count). The van der Waals surface area contributed by atoms with Crippen LogP contribution in [0, 0.1) is 0 Å². The molecule has 0 aromatic heterocycles. The summed E-state index contributed by atoms with van der Waals surface area (Å²) in [5.41, 5.74) is 10.6. The Kier molecular flexibility index (Phi) is 21.1. The molecule has 0 bridgehead atoms. The van der Waals surface area contributed by atoms with Gasteiger partial charge in [-0.2, -0.15) is 0 Å². The molecule has 0 fully saturated rings. The second-order valence-electron chi connectivity index (χ2n) is 6.50. The fourth-order valence-electron chi connectivity index (χ4n) is 2.68. The van der Waals surface area contributed by atoms with Gasteiger partial charge >= 0.3 is 0 Å². The zero-order valence-electron chi connectivity index (χ0n) is 15.6. The van der Waals surface area contributed by atoms with Gasteiger partial charge in [0.05, 0.1) is 6.54 Å². The third-order valence-corrected chi connectivity index (χ3v) is 4.17. The lowest BCUT2D eigenvalue weighted by Gasteiger charge is -2.14. The van der Waals surface area contributed by atoms with Gasteiger partial charge in [-0.1, -0.05) is 77.6 Å². The largest absolute Gasteiger partial charge is 0.370 e. The molecule has 5 heteroatoms. The molecule has 0 saturated carbocycles. The van der Waals surface area contributed by atoms with Crippen LogP contribution in [-0.2, 0) is 0 Å². The minimum Gasteiger partial charge on any atom is -0.370 e. The van der Waals surface area contributed by atoms with Gasteiger partial charge in [0, 0.05) is 6.54 Å². The number of unbranched alkanes of at least 4 members (excludes halogenated alkanes) is 11. The Hall–Kier alpha value is -0.480. The zero-order chi connectivity index (χ0) is 16.5. The van der Waals surface area contributed by atoms with E-state index in [1.54, 1.807) is 0 Å². The van der Waals surface area contributed by atoms with Crippen molar-refractivity contribution in [2.45, 2.75) is 84.0 Å². The van der Waals surface area contributed by atoms with Crippen LogP contribution in [-0.4, -0.2) is 37.5 Å². The summed E-state index contributed by atoms with van der Waals surface area (Å²) in [4.78, 5) is 6.31. The minimum atomic E-state index is 0. The smallest absolute Gasteiger partial charge is 0.185 e. The summed E-state index contributed by atoms with van der Waals surface area (Å²) in [6, 6.07) is 0. The van der Waals surface area contributed by atoms with Crippen molar-refractivity contribution >= 4 is 18.4 Å². The predicted molar refractivity (Wildman–Crippen MR) is 106 cm³/mol. The lowest BCUT2D eigenvalue weighted by atomic mass is 10.1. The number of nitrogens with zero attached hydrogens (tertiary/aromatic N) is 2. The summed E-state index contributed by atoms with van der Waals surface area (Å²) in [5, 5.41) is 0. The van der Waals surface area contributed by atoms with Crippen molar-refractivity contribution in [3.8, 4) is 0 Å². The van der Waals surface area contributed by atoms with Gasteiger partial charge in [-0.05, 0) is 20.0 Å². The third-order valence-electron chi connectivity index (χ3n) is 4.17. The number of likely N-dealkylation sites (N-methyl/N-ethyl adjacent to an activating group) is 1. The second kappa shape index (κ2) is 19.6. The molecule has 23 heavy (non-hydrogen) atoms. The van der Waals surface area contributed by atoms with Gasteiger partial charge in [-0.3, -0.25) is 4.99 Å². The maximum Gasteiger partial charge on any atom is 0.185 e. The molecule has 140 valence electrons. The third kappa shape index (κ3) is 21.5. The minimum absolute atomic E-state index is 0. The Morgan fingerprint density at radius 1 is 0.739 bits per heavy atom. The number of guanidine groups is 1. The highest BCUT2D eigenvalue weighted by molar-refractivity contribution is 5.85. The van der Waals surface area contributed by atoms with E-state index in [0.29, 0.717) is 6.54 Å². The number of halogens is 1. The molecule has 0 aliphatic rings. The van der Waals surface area contributed by atoms with Crippen molar-refractivity contribution in [3.05, 3.63) is 0 Å². The molecule has 0 radical (unpaired) electrons. The fourth-order valence-corrected chi connectivity index (χ4v) is 2.68. The van der Waals surface area contributed by atoms with E-state index in [4.69, 9.17) is 11.5 Å². The number of hydrogen-bond donors (Lipinski definition) is 2. The topological polar surface area (TPSA) is 67.6 Å². The number of hydrogen-bond acceptors (Lipinski definition) is 2. The Labute approximate surface area is 150 Å². The molecular formula is C18H41ClN4. The molecule has 0 saturated heterocycles. The van der Waals surface area contributed by atoms with E-state index in [9.17, 15) is 0 Å². The van der Waals surface area contributed by atoms with Crippen LogP contribution in [0.1, 0.15) is 84.0 Å². The molecule has 0 unspecified atom stereocenters. The molecule has 0 heterocycles. The maximum absolute atomic E-state index is 5.31. The average Bonchev–Trinajstić information content (AvgIpc) is 2.48. The van der Waals surface area contributed by atoms with Gasteiger partial charge in [0.1, 0.15) is 0 Å². The molecule has 0 aromatic carbocycles. The summed E-state index contributed by atoms with van der Waals surface area (Å²) in [7, 11) is 2.14. The van der Waals surface area contributed by atoms with Crippen LogP contribution >= 0.6 is 12.4 Å². The van der Waals surface area contributed by atoms with Crippen LogP contribution < -0.4 is 11.5 Å². The van der Waals surface area contributed by atoms with Gasteiger partial charge in [0.2, 0.25) is 0 Å². The van der Waals surface area contributed by atoms with Crippen LogP contribution in [0.2, 0.25) is 0 Å². The van der Waals surface area contributed by atoms with E-state index in [1.165, 1.54) is 77.0 Å². The number of nitrogens with two attached hydrogens (primary N) is 2.